The quantitative estimate of drug-likeness (QED) is 0.412. The lowest BCUT2D eigenvalue weighted by molar-refractivity contribution is -0.164. The first kappa shape index (κ1) is 24.0. The monoisotopic (exact) mass is 466 g/mol. The fraction of sp³-hybridized carbons (Fsp3) is 0.733. The van der Waals surface area contributed by atoms with E-state index in [2.05, 4.69) is 46.8 Å². The zero-order valence-electron chi connectivity index (χ0n) is 22.0. The molecule has 5 aliphatic rings. The molecule has 8 atom stereocenters. The molecule has 4 aliphatic carbocycles. The van der Waals surface area contributed by atoms with Gasteiger partial charge < -0.3 is 9.84 Å². The molecule has 0 amide bonds. The van der Waals surface area contributed by atoms with Gasteiger partial charge in [-0.1, -0.05) is 58.4 Å². The highest BCUT2D eigenvalue weighted by atomic mass is 16.5. The molecule has 1 N–H and O–H groups in total. The van der Waals surface area contributed by atoms with Gasteiger partial charge in [0.1, 0.15) is 11.9 Å². The average molecular weight is 467 g/mol. The van der Waals surface area contributed by atoms with E-state index in [9.17, 15) is 14.7 Å². The second-order valence-corrected chi connectivity index (χ2v) is 13.3. The zero-order valence-corrected chi connectivity index (χ0v) is 22.0. The molecule has 186 valence electrons. The van der Waals surface area contributed by atoms with Crippen LogP contribution < -0.4 is 0 Å². The van der Waals surface area contributed by atoms with Crippen LogP contribution in [-0.2, 0) is 14.3 Å². The number of rotatable bonds is 3. The number of hydrogen-bond donors (Lipinski definition) is 1. The lowest BCUT2D eigenvalue weighted by atomic mass is 9.44. The van der Waals surface area contributed by atoms with Crippen molar-refractivity contribution in [3.05, 3.63) is 34.9 Å². The Morgan fingerprint density at radius 2 is 1.85 bits per heavy atom. The second kappa shape index (κ2) is 7.41. The van der Waals surface area contributed by atoms with Crippen LogP contribution in [0.4, 0.5) is 0 Å². The Morgan fingerprint density at radius 1 is 1.15 bits per heavy atom. The molecule has 0 spiro atoms. The highest BCUT2D eigenvalue weighted by Gasteiger charge is 2.70. The Bertz CT molecular complexity index is 1030. The van der Waals surface area contributed by atoms with Crippen molar-refractivity contribution >= 4 is 11.8 Å². The van der Waals surface area contributed by atoms with Crippen molar-refractivity contribution in [2.75, 3.05) is 0 Å². The Balaban J connectivity index is 1.55. The minimum absolute atomic E-state index is 0.0222. The molecule has 2 saturated carbocycles. The molecule has 0 aromatic heterocycles. The Labute approximate surface area is 204 Å². The Morgan fingerprint density at radius 3 is 2.53 bits per heavy atom. The molecular formula is C30H42O4. The van der Waals surface area contributed by atoms with Crippen molar-refractivity contribution in [2.45, 2.75) is 99.2 Å². The number of fused-ring (bicyclic) bond motifs is 9. The number of ether oxygens (including phenoxy) is 1. The first-order valence-electron chi connectivity index (χ1n) is 13.3. The third-order valence-electron chi connectivity index (χ3n) is 11.2. The summed E-state index contributed by atoms with van der Waals surface area (Å²) in [5, 5.41) is 10.6. The number of esters is 1. The topological polar surface area (TPSA) is 63.6 Å². The third kappa shape index (κ3) is 2.93. The van der Waals surface area contributed by atoms with Crippen LogP contribution in [0.25, 0.3) is 0 Å². The SMILES string of the molecule is CC(C)=C[C@H](O)C[C@@H]1C(=O)OC2C[C@H]1[C@]1(C)CC=C3C(=CCC4C(C)(C)C(=O)CC[C@]34C)[C@@]21C. The van der Waals surface area contributed by atoms with E-state index in [0.29, 0.717) is 24.5 Å². The van der Waals surface area contributed by atoms with Gasteiger partial charge in [0.25, 0.3) is 0 Å². The molecule has 4 nitrogen and oxygen atoms in total. The summed E-state index contributed by atoms with van der Waals surface area (Å²) in [5.41, 5.74) is 3.16. The van der Waals surface area contributed by atoms with Gasteiger partial charge in [-0.25, -0.2) is 0 Å². The van der Waals surface area contributed by atoms with E-state index in [-0.39, 0.29) is 45.6 Å². The first-order chi connectivity index (χ1) is 15.8. The molecular weight excluding hydrogens is 424 g/mol. The number of aliphatic hydroxyl groups excluding tert-OH is 1. The Hall–Kier alpha value is -1.68. The smallest absolute Gasteiger partial charge is 0.309 e. The molecule has 1 aliphatic heterocycles. The summed E-state index contributed by atoms with van der Waals surface area (Å²) in [4.78, 5) is 26.1. The Kier molecular flexibility index (Phi) is 5.24. The minimum Gasteiger partial charge on any atom is -0.461 e. The van der Waals surface area contributed by atoms with Crippen LogP contribution >= 0.6 is 0 Å². The molecule has 1 heterocycles. The summed E-state index contributed by atoms with van der Waals surface area (Å²) in [6.07, 6.45) is 10.6. The van der Waals surface area contributed by atoms with E-state index >= 15 is 0 Å². The van der Waals surface area contributed by atoms with Crippen molar-refractivity contribution < 1.29 is 19.4 Å². The summed E-state index contributed by atoms with van der Waals surface area (Å²) in [7, 11) is 0. The number of carbonyl (C=O) groups is 2. The number of Topliss-reactive ketones (excluding diaryl/α,β-unsaturated/α-hetero) is 1. The van der Waals surface area contributed by atoms with Crippen LogP contribution in [0.3, 0.4) is 0 Å². The van der Waals surface area contributed by atoms with Crippen molar-refractivity contribution in [2.24, 2.45) is 39.4 Å². The van der Waals surface area contributed by atoms with Crippen molar-refractivity contribution in [3.63, 3.8) is 0 Å². The zero-order chi connectivity index (χ0) is 24.8. The first-order valence-corrected chi connectivity index (χ1v) is 13.3. The van der Waals surface area contributed by atoms with Crippen LogP contribution in [0.2, 0.25) is 0 Å². The highest BCUT2D eigenvalue weighted by Crippen LogP contribution is 2.73. The largest absolute Gasteiger partial charge is 0.461 e. The fourth-order valence-electron chi connectivity index (χ4n) is 9.00. The van der Waals surface area contributed by atoms with Crippen molar-refractivity contribution in [3.8, 4) is 0 Å². The molecule has 3 fully saturated rings. The van der Waals surface area contributed by atoms with Gasteiger partial charge in [0.2, 0.25) is 0 Å². The summed E-state index contributed by atoms with van der Waals surface area (Å²) in [6, 6.07) is 0. The molecule has 5 rings (SSSR count). The predicted octanol–water partition coefficient (Wildman–Crippen LogP) is 5.95. The second-order valence-electron chi connectivity index (χ2n) is 13.3. The van der Waals surface area contributed by atoms with Crippen molar-refractivity contribution in [1.29, 1.82) is 0 Å². The van der Waals surface area contributed by atoms with Crippen LogP contribution in [0.1, 0.15) is 87.0 Å². The van der Waals surface area contributed by atoms with Crippen LogP contribution in [0, 0.1) is 39.4 Å². The molecule has 0 radical (unpaired) electrons. The maximum atomic E-state index is 13.2. The lowest BCUT2D eigenvalue weighted by Gasteiger charge is -2.59. The number of allylic oxidation sites excluding steroid dienone is 4. The van der Waals surface area contributed by atoms with Gasteiger partial charge in [0, 0.05) is 17.3 Å². The molecule has 2 unspecified atom stereocenters. The number of carbonyl (C=O) groups excluding carboxylic acids is 2. The number of aliphatic hydroxyl groups is 1. The predicted molar refractivity (Wildman–Crippen MR) is 133 cm³/mol. The molecule has 1 saturated heterocycles. The highest BCUT2D eigenvalue weighted by molar-refractivity contribution is 5.86. The standard InChI is InChI=1S/C30H42O4/c1-17(2)14-18(31)15-19-22-16-25(34-26(19)33)30(7)21-8-9-23-27(3,4)24(32)11-12-28(23,5)20(21)10-13-29(22,30)6/h8,10,14,18-19,22-23,25,31H,9,11-13,15-16H2,1-7H3/t18-,19-,22+,23?,25?,28+,29-,30-/m0/s1. The summed E-state index contributed by atoms with van der Waals surface area (Å²) >= 11 is 0. The van der Waals surface area contributed by atoms with Gasteiger partial charge in [0.05, 0.1) is 12.0 Å². The van der Waals surface area contributed by atoms with Crippen molar-refractivity contribution in [1.82, 2.24) is 0 Å². The van der Waals surface area contributed by atoms with Crippen LogP contribution in [0.5, 0.6) is 0 Å². The number of hydrogen-bond acceptors (Lipinski definition) is 4. The van der Waals surface area contributed by atoms with Gasteiger partial charge in [-0.3, -0.25) is 9.59 Å². The average Bonchev–Trinajstić information content (AvgIpc) is 2.93. The van der Waals surface area contributed by atoms with Gasteiger partial charge in [-0.05, 0) is 79.8 Å². The van der Waals surface area contributed by atoms with Gasteiger partial charge in [-0.15, -0.1) is 0 Å². The molecule has 0 aromatic rings. The fourth-order valence-corrected chi connectivity index (χ4v) is 9.00. The molecule has 0 aromatic carbocycles. The van der Waals surface area contributed by atoms with Crippen LogP contribution in [0.15, 0.2) is 34.9 Å². The van der Waals surface area contributed by atoms with E-state index in [1.165, 1.54) is 11.1 Å². The van der Waals surface area contributed by atoms with Gasteiger partial charge in [0.15, 0.2) is 0 Å². The maximum Gasteiger partial charge on any atom is 0.309 e. The van der Waals surface area contributed by atoms with E-state index in [4.69, 9.17) is 4.74 Å². The van der Waals surface area contributed by atoms with E-state index in [1.807, 2.05) is 19.9 Å². The van der Waals surface area contributed by atoms with E-state index < -0.39 is 6.10 Å². The van der Waals surface area contributed by atoms with E-state index in [1.54, 1.807) is 0 Å². The number of ketones is 1. The summed E-state index contributed by atoms with van der Waals surface area (Å²) < 4.78 is 6.22. The summed E-state index contributed by atoms with van der Waals surface area (Å²) in [5.74, 6) is 0.480. The lowest BCUT2D eigenvalue weighted by Crippen LogP contribution is -2.54. The van der Waals surface area contributed by atoms with Gasteiger partial charge >= 0.3 is 5.97 Å². The maximum absolute atomic E-state index is 13.2. The van der Waals surface area contributed by atoms with Gasteiger partial charge in [-0.2, -0.15) is 0 Å². The minimum atomic E-state index is -0.625. The van der Waals surface area contributed by atoms with E-state index in [0.717, 1.165) is 31.3 Å². The normalized spacial score (nSPS) is 45.2. The molecule has 4 heteroatoms. The molecule has 2 bridgehead atoms. The van der Waals surface area contributed by atoms with Crippen LogP contribution in [-0.4, -0.2) is 29.1 Å². The molecule has 34 heavy (non-hydrogen) atoms. The third-order valence-corrected chi connectivity index (χ3v) is 11.2. The summed E-state index contributed by atoms with van der Waals surface area (Å²) in [6.45, 7) is 15.3.